The number of rotatable bonds is 3. The number of allylic oxidation sites excluding steroid dienone is 4. The fourth-order valence-electron chi connectivity index (χ4n) is 2.89. The molecule has 1 aliphatic rings. The highest BCUT2D eigenvalue weighted by molar-refractivity contribution is 5.26. The van der Waals surface area contributed by atoms with Gasteiger partial charge in [0.2, 0.25) is 0 Å². The molecule has 0 nitrogen and oxygen atoms in total. The highest BCUT2D eigenvalue weighted by Gasteiger charge is 2.31. The quantitative estimate of drug-likeness (QED) is 0.562. The van der Waals surface area contributed by atoms with Crippen molar-refractivity contribution < 1.29 is 0 Å². The Balaban J connectivity index is 2.92. The lowest BCUT2D eigenvalue weighted by Gasteiger charge is -2.38. The molecule has 0 saturated heterocycles. The Morgan fingerprint density at radius 3 is 1.94 bits per heavy atom. The zero-order valence-corrected chi connectivity index (χ0v) is 13.6. The monoisotopic (exact) mass is 248 g/mol. The van der Waals surface area contributed by atoms with Crippen LogP contribution >= 0.6 is 0 Å². The van der Waals surface area contributed by atoms with Crippen LogP contribution in [-0.2, 0) is 0 Å². The van der Waals surface area contributed by atoms with Crippen LogP contribution in [0.25, 0.3) is 0 Å². The molecule has 0 fully saturated rings. The van der Waals surface area contributed by atoms with Gasteiger partial charge in [0.15, 0.2) is 0 Å². The molecule has 1 unspecified atom stereocenters. The molecule has 104 valence electrons. The topological polar surface area (TPSA) is 0 Å². The van der Waals surface area contributed by atoms with Crippen molar-refractivity contribution >= 4 is 0 Å². The molecule has 1 atom stereocenters. The van der Waals surface area contributed by atoms with Crippen LogP contribution in [-0.4, -0.2) is 0 Å². The molecule has 0 bridgehead atoms. The Labute approximate surface area is 115 Å². The van der Waals surface area contributed by atoms with Crippen molar-refractivity contribution in [3.8, 4) is 0 Å². The third kappa shape index (κ3) is 4.63. The first-order valence-electron chi connectivity index (χ1n) is 7.52. The summed E-state index contributed by atoms with van der Waals surface area (Å²) in [6, 6.07) is 0. The Bertz CT molecular complexity index is 328. The zero-order valence-electron chi connectivity index (χ0n) is 13.6. The molecule has 0 aromatic rings. The molecule has 0 amide bonds. The minimum Gasteiger partial charge on any atom is -0.0702 e. The van der Waals surface area contributed by atoms with Crippen LogP contribution in [0.2, 0.25) is 0 Å². The first-order chi connectivity index (χ1) is 8.13. The molecule has 0 radical (unpaired) electrons. The third-order valence-electron chi connectivity index (χ3n) is 4.03. The Morgan fingerprint density at radius 2 is 1.61 bits per heavy atom. The maximum absolute atomic E-state index is 2.42. The molecule has 1 aliphatic carbocycles. The highest BCUT2D eigenvalue weighted by atomic mass is 14.4. The molecular weight excluding hydrogens is 216 g/mol. The molecule has 0 spiro atoms. The van der Waals surface area contributed by atoms with E-state index >= 15 is 0 Å². The normalized spacial score (nSPS) is 19.3. The predicted octanol–water partition coefficient (Wildman–Crippen LogP) is 6.14. The van der Waals surface area contributed by atoms with Crippen LogP contribution in [0.15, 0.2) is 23.3 Å². The molecule has 0 heteroatoms. The molecule has 0 heterocycles. The van der Waals surface area contributed by atoms with Gasteiger partial charge in [0.25, 0.3) is 0 Å². The van der Waals surface area contributed by atoms with Crippen LogP contribution < -0.4 is 0 Å². The highest BCUT2D eigenvalue weighted by Crippen LogP contribution is 2.43. The van der Waals surface area contributed by atoms with Gasteiger partial charge in [-0.1, -0.05) is 71.8 Å². The Kier molecular flexibility index (Phi) is 4.86. The van der Waals surface area contributed by atoms with Gasteiger partial charge in [-0.15, -0.1) is 0 Å². The minimum atomic E-state index is 0.372. The summed E-state index contributed by atoms with van der Waals surface area (Å²) in [7, 11) is 0. The number of hydrogen-bond donors (Lipinski definition) is 0. The molecule has 18 heavy (non-hydrogen) atoms. The van der Waals surface area contributed by atoms with Crippen LogP contribution in [0.4, 0.5) is 0 Å². The van der Waals surface area contributed by atoms with Crippen molar-refractivity contribution in [2.75, 3.05) is 0 Å². The lowest BCUT2D eigenvalue weighted by atomic mass is 9.67. The van der Waals surface area contributed by atoms with E-state index in [2.05, 4.69) is 60.6 Å². The molecule has 0 aromatic heterocycles. The smallest absolute Gasteiger partial charge is 0.0146 e. The van der Waals surface area contributed by atoms with Crippen LogP contribution in [0.1, 0.15) is 74.1 Å². The second kappa shape index (κ2) is 5.63. The van der Waals surface area contributed by atoms with Gasteiger partial charge in [-0.2, -0.15) is 0 Å². The van der Waals surface area contributed by atoms with E-state index in [0.717, 1.165) is 0 Å². The molecule has 0 N–H and O–H groups in total. The fourth-order valence-corrected chi connectivity index (χ4v) is 2.89. The summed E-state index contributed by atoms with van der Waals surface area (Å²) in [4.78, 5) is 0. The summed E-state index contributed by atoms with van der Waals surface area (Å²) < 4.78 is 0. The van der Waals surface area contributed by atoms with Crippen LogP contribution in [0.3, 0.4) is 0 Å². The summed E-state index contributed by atoms with van der Waals surface area (Å²) in [5.74, 6) is 0.715. The van der Waals surface area contributed by atoms with Gasteiger partial charge in [-0.3, -0.25) is 0 Å². The van der Waals surface area contributed by atoms with Gasteiger partial charge in [0.05, 0.1) is 0 Å². The van der Waals surface area contributed by atoms with Crippen molar-refractivity contribution in [1.29, 1.82) is 0 Å². The average Bonchev–Trinajstić information content (AvgIpc) is 2.24. The Hall–Kier alpha value is -0.520. The summed E-state index contributed by atoms with van der Waals surface area (Å²) in [6.07, 6.45) is 9.85. The molecule has 0 aliphatic heterocycles. The van der Waals surface area contributed by atoms with Crippen LogP contribution in [0, 0.1) is 16.7 Å². The molecular formula is C18H32. The van der Waals surface area contributed by atoms with Gasteiger partial charge in [0, 0.05) is 0 Å². The second-order valence-corrected chi connectivity index (χ2v) is 8.10. The maximum Gasteiger partial charge on any atom is -0.0146 e. The SMILES string of the molecule is CCC1=CC=C(C(CC(C)(C)C)C(C)(C)C)CC1. The third-order valence-corrected chi connectivity index (χ3v) is 4.03. The van der Waals surface area contributed by atoms with Gasteiger partial charge >= 0.3 is 0 Å². The zero-order chi connectivity index (χ0) is 14.0. The van der Waals surface area contributed by atoms with E-state index in [1.165, 1.54) is 25.7 Å². The van der Waals surface area contributed by atoms with Crippen molar-refractivity contribution in [3.05, 3.63) is 23.3 Å². The van der Waals surface area contributed by atoms with Crippen molar-refractivity contribution in [2.24, 2.45) is 16.7 Å². The van der Waals surface area contributed by atoms with E-state index < -0.39 is 0 Å². The van der Waals surface area contributed by atoms with Gasteiger partial charge in [-0.05, 0) is 42.4 Å². The summed E-state index contributed by atoms with van der Waals surface area (Å²) in [5.41, 5.74) is 4.07. The van der Waals surface area contributed by atoms with Crippen molar-refractivity contribution in [2.45, 2.75) is 74.1 Å². The van der Waals surface area contributed by atoms with E-state index in [-0.39, 0.29) is 0 Å². The maximum atomic E-state index is 2.42. The fraction of sp³-hybridized carbons (Fsp3) is 0.778. The van der Waals surface area contributed by atoms with E-state index in [0.29, 0.717) is 16.7 Å². The first kappa shape index (κ1) is 15.5. The number of hydrogen-bond acceptors (Lipinski definition) is 0. The largest absolute Gasteiger partial charge is 0.0702 e. The van der Waals surface area contributed by atoms with Gasteiger partial charge < -0.3 is 0 Å². The first-order valence-corrected chi connectivity index (χ1v) is 7.52. The molecule has 0 aromatic carbocycles. The standard InChI is InChI=1S/C18H32/c1-8-14-9-11-15(12-10-14)16(18(5,6)7)13-17(2,3)4/h9,11,16H,8,10,12-13H2,1-7H3. The van der Waals surface area contributed by atoms with Crippen molar-refractivity contribution in [1.82, 2.24) is 0 Å². The van der Waals surface area contributed by atoms with E-state index in [9.17, 15) is 0 Å². The van der Waals surface area contributed by atoms with Gasteiger partial charge in [-0.25, -0.2) is 0 Å². The summed E-state index contributed by atoms with van der Waals surface area (Å²) in [5, 5.41) is 0. The van der Waals surface area contributed by atoms with E-state index in [1.54, 1.807) is 11.1 Å². The van der Waals surface area contributed by atoms with E-state index in [4.69, 9.17) is 0 Å². The summed E-state index contributed by atoms with van der Waals surface area (Å²) in [6.45, 7) is 16.5. The second-order valence-electron chi connectivity index (χ2n) is 8.10. The predicted molar refractivity (Wildman–Crippen MR) is 82.7 cm³/mol. The lowest BCUT2D eigenvalue weighted by molar-refractivity contribution is 0.192. The Morgan fingerprint density at radius 1 is 1.00 bits per heavy atom. The van der Waals surface area contributed by atoms with Crippen molar-refractivity contribution in [3.63, 3.8) is 0 Å². The molecule has 1 rings (SSSR count). The van der Waals surface area contributed by atoms with Crippen LogP contribution in [0.5, 0.6) is 0 Å². The van der Waals surface area contributed by atoms with E-state index in [1.807, 2.05) is 0 Å². The summed E-state index contributed by atoms with van der Waals surface area (Å²) >= 11 is 0. The minimum absolute atomic E-state index is 0.372. The molecule has 0 saturated carbocycles. The lowest BCUT2D eigenvalue weighted by Crippen LogP contribution is -2.27. The van der Waals surface area contributed by atoms with Gasteiger partial charge in [0.1, 0.15) is 0 Å². The average molecular weight is 248 g/mol.